The number of aromatic nitrogens is 1. The summed E-state index contributed by atoms with van der Waals surface area (Å²) >= 11 is 3.22. The van der Waals surface area contributed by atoms with Gasteiger partial charge in [-0.15, -0.1) is 22.7 Å². The van der Waals surface area contributed by atoms with E-state index in [4.69, 9.17) is 9.47 Å². The second-order valence-corrected chi connectivity index (χ2v) is 7.54. The second kappa shape index (κ2) is 7.25. The zero-order valence-electron chi connectivity index (χ0n) is 14.4. The number of anilines is 1. The molecule has 1 amide bonds. The molecule has 3 aromatic rings. The highest BCUT2D eigenvalue weighted by Crippen LogP contribution is 2.36. The quantitative estimate of drug-likeness (QED) is 0.699. The van der Waals surface area contributed by atoms with Crippen LogP contribution in [0.2, 0.25) is 0 Å². The summed E-state index contributed by atoms with van der Waals surface area (Å²) in [5, 5.41) is 5.95. The average Bonchev–Trinajstić information content (AvgIpc) is 3.20. The number of carbonyl (C=O) groups excluding carboxylic acids is 1. The van der Waals surface area contributed by atoms with Crippen molar-refractivity contribution in [2.24, 2.45) is 0 Å². The van der Waals surface area contributed by atoms with Crippen molar-refractivity contribution >= 4 is 34.3 Å². The van der Waals surface area contributed by atoms with Crippen molar-refractivity contribution in [3.8, 4) is 21.4 Å². The van der Waals surface area contributed by atoms with Crippen LogP contribution in [-0.4, -0.2) is 25.1 Å². The number of benzene rings is 1. The third kappa shape index (κ3) is 3.83. The number of aryl methyl sites for hydroxylation is 2. The van der Waals surface area contributed by atoms with E-state index < -0.39 is 0 Å². The molecule has 1 N–H and O–H groups in total. The molecule has 0 atom stereocenters. The fourth-order valence-corrected chi connectivity index (χ4v) is 4.15. The zero-order valence-corrected chi connectivity index (χ0v) is 16.0. The molecule has 7 heteroatoms. The minimum absolute atomic E-state index is 0.208. The van der Waals surface area contributed by atoms with Crippen LogP contribution in [-0.2, 0) is 0 Å². The summed E-state index contributed by atoms with van der Waals surface area (Å²) in [6.45, 7) is 3.95. The number of rotatable bonds is 5. The van der Waals surface area contributed by atoms with E-state index in [-0.39, 0.29) is 5.91 Å². The lowest BCUT2D eigenvalue weighted by Gasteiger charge is -2.09. The summed E-state index contributed by atoms with van der Waals surface area (Å²) in [4.78, 5) is 19.2. The zero-order chi connectivity index (χ0) is 18.0. The van der Waals surface area contributed by atoms with Crippen LogP contribution in [0.3, 0.4) is 0 Å². The van der Waals surface area contributed by atoms with Gasteiger partial charge in [-0.25, -0.2) is 4.98 Å². The Morgan fingerprint density at radius 3 is 2.32 bits per heavy atom. The Labute approximate surface area is 154 Å². The number of hydrogen-bond acceptors (Lipinski definition) is 6. The number of thiophene rings is 1. The first kappa shape index (κ1) is 17.4. The molecule has 0 radical (unpaired) electrons. The maximum atomic E-state index is 12.6. The van der Waals surface area contributed by atoms with Crippen molar-refractivity contribution in [1.82, 2.24) is 4.98 Å². The van der Waals surface area contributed by atoms with Crippen molar-refractivity contribution in [2.45, 2.75) is 13.8 Å². The Morgan fingerprint density at radius 2 is 1.76 bits per heavy atom. The van der Waals surface area contributed by atoms with Gasteiger partial charge in [0.05, 0.1) is 24.8 Å². The summed E-state index contributed by atoms with van der Waals surface area (Å²) in [7, 11) is 3.11. The molecular formula is C18H18N2O3S2. The monoisotopic (exact) mass is 374 g/mol. The first-order valence-electron chi connectivity index (χ1n) is 7.57. The number of ether oxygens (including phenoxy) is 2. The molecule has 0 unspecified atom stereocenters. The summed E-state index contributed by atoms with van der Waals surface area (Å²) in [6.07, 6.45) is 0. The summed E-state index contributed by atoms with van der Waals surface area (Å²) < 4.78 is 10.4. The minimum Gasteiger partial charge on any atom is -0.497 e. The highest BCUT2D eigenvalue weighted by molar-refractivity contribution is 7.21. The highest BCUT2D eigenvalue weighted by atomic mass is 32.1. The molecule has 3 rings (SSSR count). The van der Waals surface area contributed by atoms with Crippen molar-refractivity contribution in [3.05, 3.63) is 45.8 Å². The fraction of sp³-hybridized carbons (Fsp3) is 0.222. The van der Waals surface area contributed by atoms with Crippen LogP contribution in [0, 0.1) is 13.8 Å². The molecule has 0 aliphatic carbocycles. The molecular weight excluding hydrogens is 356 g/mol. The molecule has 130 valence electrons. The van der Waals surface area contributed by atoms with E-state index in [1.807, 2.05) is 25.3 Å². The molecule has 2 heterocycles. The SMILES string of the molecule is COc1cc(OC)cc(C(=O)Nc2cc(-c3nc(C)cs3)sc2C)c1. The lowest BCUT2D eigenvalue weighted by Crippen LogP contribution is -2.12. The predicted octanol–water partition coefficient (Wildman–Crippen LogP) is 4.76. The van der Waals surface area contributed by atoms with E-state index in [0.29, 0.717) is 17.1 Å². The van der Waals surface area contributed by atoms with E-state index in [9.17, 15) is 4.79 Å². The van der Waals surface area contributed by atoms with E-state index in [0.717, 1.165) is 26.1 Å². The van der Waals surface area contributed by atoms with E-state index in [1.54, 1.807) is 55.1 Å². The van der Waals surface area contributed by atoms with Gasteiger partial charge in [0.2, 0.25) is 0 Å². The van der Waals surface area contributed by atoms with Gasteiger partial charge in [0.1, 0.15) is 16.5 Å². The van der Waals surface area contributed by atoms with Gasteiger partial charge in [-0.05, 0) is 32.0 Å². The summed E-state index contributed by atoms with van der Waals surface area (Å²) in [6, 6.07) is 7.07. The molecule has 0 bridgehead atoms. The normalized spacial score (nSPS) is 10.6. The van der Waals surface area contributed by atoms with Gasteiger partial charge in [-0.1, -0.05) is 0 Å². The van der Waals surface area contributed by atoms with Crippen LogP contribution in [0.1, 0.15) is 20.9 Å². The number of nitrogens with zero attached hydrogens (tertiary/aromatic N) is 1. The highest BCUT2D eigenvalue weighted by Gasteiger charge is 2.15. The molecule has 0 saturated heterocycles. The summed E-state index contributed by atoms with van der Waals surface area (Å²) in [5.41, 5.74) is 2.27. The molecule has 25 heavy (non-hydrogen) atoms. The van der Waals surface area contributed by atoms with Crippen LogP contribution in [0.25, 0.3) is 9.88 Å². The Kier molecular flexibility index (Phi) is 5.06. The average molecular weight is 374 g/mol. The van der Waals surface area contributed by atoms with Crippen LogP contribution in [0.15, 0.2) is 29.6 Å². The smallest absolute Gasteiger partial charge is 0.255 e. The molecule has 5 nitrogen and oxygen atoms in total. The van der Waals surface area contributed by atoms with Crippen molar-refractivity contribution in [2.75, 3.05) is 19.5 Å². The van der Waals surface area contributed by atoms with Gasteiger partial charge < -0.3 is 14.8 Å². The Hall–Kier alpha value is -2.38. The molecule has 0 spiro atoms. The van der Waals surface area contributed by atoms with Gasteiger partial charge in [-0.3, -0.25) is 4.79 Å². The third-order valence-corrected chi connectivity index (χ3v) is 5.79. The largest absolute Gasteiger partial charge is 0.497 e. The van der Waals surface area contributed by atoms with Crippen LogP contribution in [0.5, 0.6) is 11.5 Å². The minimum atomic E-state index is -0.208. The van der Waals surface area contributed by atoms with E-state index >= 15 is 0 Å². The van der Waals surface area contributed by atoms with Gasteiger partial charge in [0.15, 0.2) is 0 Å². The van der Waals surface area contributed by atoms with E-state index in [2.05, 4.69) is 10.3 Å². The Morgan fingerprint density at radius 1 is 1.08 bits per heavy atom. The van der Waals surface area contributed by atoms with Gasteiger partial charge >= 0.3 is 0 Å². The Balaban J connectivity index is 1.85. The maximum absolute atomic E-state index is 12.6. The van der Waals surface area contributed by atoms with Crippen molar-refractivity contribution in [3.63, 3.8) is 0 Å². The molecule has 0 aliphatic heterocycles. The van der Waals surface area contributed by atoms with Crippen LogP contribution < -0.4 is 14.8 Å². The molecule has 0 fully saturated rings. The van der Waals surface area contributed by atoms with Crippen molar-refractivity contribution in [1.29, 1.82) is 0 Å². The van der Waals surface area contributed by atoms with Gasteiger partial charge in [0.25, 0.3) is 5.91 Å². The third-order valence-electron chi connectivity index (χ3n) is 3.61. The number of amides is 1. The Bertz CT molecular complexity index is 893. The lowest BCUT2D eigenvalue weighted by atomic mass is 10.2. The van der Waals surface area contributed by atoms with Crippen molar-refractivity contribution < 1.29 is 14.3 Å². The standard InChI is InChI=1S/C18H18N2O3S2/c1-10-9-24-18(19-10)16-8-15(11(2)25-16)20-17(21)12-5-13(22-3)7-14(6-12)23-4/h5-9H,1-4H3,(H,20,21). The maximum Gasteiger partial charge on any atom is 0.255 e. The molecule has 0 aliphatic rings. The number of carbonyl (C=O) groups is 1. The molecule has 1 aromatic carbocycles. The molecule has 0 saturated carbocycles. The van der Waals surface area contributed by atoms with Crippen LogP contribution >= 0.6 is 22.7 Å². The first-order chi connectivity index (χ1) is 12.0. The number of methoxy groups -OCH3 is 2. The van der Waals surface area contributed by atoms with Gasteiger partial charge in [0, 0.05) is 27.6 Å². The second-order valence-electron chi connectivity index (χ2n) is 5.43. The predicted molar refractivity (Wildman–Crippen MR) is 102 cm³/mol. The number of hydrogen-bond donors (Lipinski definition) is 1. The van der Waals surface area contributed by atoms with Gasteiger partial charge in [-0.2, -0.15) is 0 Å². The first-order valence-corrected chi connectivity index (χ1v) is 9.27. The molecule has 2 aromatic heterocycles. The lowest BCUT2D eigenvalue weighted by molar-refractivity contribution is 0.102. The summed E-state index contributed by atoms with van der Waals surface area (Å²) in [5.74, 6) is 0.941. The number of thiazole rings is 1. The van der Waals surface area contributed by atoms with E-state index in [1.165, 1.54) is 0 Å². The van der Waals surface area contributed by atoms with Crippen LogP contribution in [0.4, 0.5) is 5.69 Å². The topological polar surface area (TPSA) is 60.5 Å². The number of nitrogens with one attached hydrogen (secondary N) is 1. The fourth-order valence-electron chi connectivity index (χ4n) is 2.31.